The van der Waals surface area contributed by atoms with Crippen LogP contribution >= 0.6 is 11.8 Å². The average Bonchev–Trinajstić information content (AvgIpc) is 2.66. The highest BCUT2D eigenvalue weighted by atomic mass is 32.2. The molecule has 132 valence electrons. The third-order valence-electron chi connectivity index (χ3n) is 4.94. The Kier molecular flexibility index (Phi) is 6.19. The summed E-state index contributed by atoms with van der Waals surface area (Å²) < 4.78 is 0. The number of amides is 1. The van der Waals surface area contributed by atoms with Gasteiger partial charge in [-0.3, -0.25) is 4.79 Å². The van der Waals surface area contributed by atoms with Crippen LogP contribution in [-0.2, 0) is 23.4 Å². The average molecular weight is 354 g/mol. The Morgan fingerprint density at radius 1 is 1.04 bits per heavy atom. The van der Waals surface area contributed by atoms with Crippen LogP contribution in [0.25, 0.3) is 0 Å². The van der Waals surface area contributed by atoms with E-state index < -0.39 is 0 Å². The minimum atomic E-state index is -0.0553. The Hall–Kier alpha value is -1.74. The van der Waals surface area contributed by atoms with Crippen molar-refractivity contribution in [3.63, 3.8) is 0 Å². The number of fused-ring (bicyclic) bond motifs is 1. The van der Waals surface area contributed by atoms with E-state index in [1.807, 2.05) is 25.1 Å². The highest BCUT2D eigenvalue weighted by molar-refractivity contribution is 7.99. The van der Waals surface area contributed by atoms with Crippen molar-refractivity contribution in [2.75, 3.05) is 0 Å². The second kappa shape index (κ2) is 8.57. The summed E-state index contributed by atoms with van der Waals surface area (Å²) >= 11 is 1.69. The summed E-state index contributed by atoms with van der Waals surface area (Å²) in [4.78, 5) is 12.5. The molecule has 1 amide bonds. The highest BCUT2D eigenvalue weighted by Gasteiger charge is 2.18. The van der Waals surface area contributed by atoms with Gasteiger partial charge in [-0.25, -0.2) is 0 Å². The Balaban J connectivity index is 1.54. The van der Waals surface area contributed by atoms with Gasteiger partial charge in [0.05, 0.1) is 11.3 Å². The Labute approximate surface area is 155 Å². The van der Waals surface area contributed by atoms with Crippen LogP contribution in [0.4, 0.5) is 0 Å². The number of nitrogens with one attached hydrogen (secondary N) is 1. The van der Waals surface area contributed by atoms with Crippen molar-refractivity contribution in [3.8, 4) is 0 Å². The largest absolute Gasteiger partial charge is 0.349 e. The molecule has 0 radical (unpaired) electrons. The summed E-state index contributed by atoms with van der Waals surface area (Å²) in [6.45, 7) is 4.07. The molecule has 0 aliphatic heterocycles. The minimum Gasteiger partial charge on any atom is -0.349 e. The molecule has 3 rings (SSSR count). The third-order valence-corrected chi connectivity index (χ3v) is 6.16. The first-order chi connectivity index (χ1) is 12.1. The first kappa shape index (κ1) is 18.1. The number of carbonyl (C=O) groups excluding carboxylic acids is 1. The van der Waals surface area contributed by atoms with Gasteiger partial charge < -0.3 is 5.32 Å². The highest BCUT2D eigenvalue weighted by Crippen LogP contribution is 2.25. The van der Waals surface area contributed by atoms with Gasteiger partial charge in [0.15, 0.2) is 0 Å². The van der Waals surface area contributed by atoms with E-state index in [0.717, 1.165) is 5.75 Å². The summed E-state index contributed by atoms with van der Waals surface area (Å²) in [6, 6.07) is 17.1. The fraction of sp³-hybridized carbons (Fsp3) is 0.409. The molecule has 1 aliphatic carbocycles. The van der Waals surface area contributed by atoms with Crippen LogP contribution in [0, 0.1) is 0 Å². The van der Waals surface area contributed by atoms with E-state index in [1.165, 1.54) is 47.9 Å². The molecule has 0 saturated heterocycles. The summed E-state index contributed by atoms with van der Waals surface area (Å²) in [7, 11) is 0. The minimum absolute atomic E-state index is 0.0551. The first-order valence-electron chi connectivity index (χ1n) is 9.21. The molecule has 0 heterocycles. The van der Waals surface area contributed by atoms with Crippen LogP contribution in [0.3, 0.4) is 0 Å². The number of carbonyl (C=O) groups is 1. The van der Waals surface area contributed by atoms with E-state index in [9.17, 15) is 4.79 Å². The fourth-order valence-electron chi connectivity index (χ4n) is 3.31. The standard InChI is InChI=1S/C22H27NOS/c1-16(20-13-12-19-10-6-7-11-21(19)14-20)23-22(24)17(2)25-15-18-8-4-3-5-9-18/h3-5,8-9,12-14,16-17H,6-7,10-11,15H2,1-2H3,(H,23,24)/t16-,17-/m0/s1. The molecule has 1 N–H and O–H groups in total. The van der Waals surface area contributed by atoms with Crippen molar-refractivity contribution in [1.82, 2.24) is 5.32 Å². The Morgan fingerprint density at radius 3 is 2.52 bits per heavy atom. The van der Waals surface area contributed by atoms with Gasteiger partial charge in [-0.1, -0.05) is 48.5 Å². The quantitative estimate of drug-likeness (QED) is 0.786. The number of rotatable bonds is 6. The molecule has 1 aliphatic rings. The third kappa shape index (κ3) is 4.88. The second-order valence-electron chi connectivity index (χ2n) is 6.90. The van der Waals surface area contributed by atoms with Gasteiger partial charge in [0.25, 0.3) is 0 Å². The molecule has 0 unspecified atom stereocenters. The number of aryl methyl sites for hydroxylation is 2. The van der Waals surface area contributed by atoms with E-state index in [-0.39, 0.29) is 17.2 Å². The summed E-state index contributed by atoms with van der Waals surface area (Å²) in [6.07, 6.45) is 4.95. The van der Waals surface area contributed by atoms with Gasteiger partial charge in [-0.15, -0.1) is 11.8 Å². The zero-order valence-corrected chi connectivity index (χ0v) is 15.9. The summed E-state index contributed by atoms with van der Waals surface area (Å²) in [5.74, 6) is 0.981. The van der Waals surface area contributed by atoms with Gasteiger partial charge in [-0.2, -0.15) is 0 Å². The van der Waals surface area contributed by atoms with Crippen LogP contribution < -0.4 is 5.32 Å². The van der Waals surface area contributed by atoms with E-state index in [0.29, 0.717) is 0 Å². The van der Waals surface area contributed by atoms with E-state index in [2.05, 4.69) is 42.6 Å². The van der Waals surface area contributed by atoms with E-state index >= 15 is 0 Å². The second-order valence-corrected chi connectivity index (χ2v) is 8.23. The number of hydrogen-bond acceptors (Lipinski definition) is 2. The molecule has 0 aromatic heterocycles. The molecule has 0 fully saturated rings. The SMILES string of the molecule is C[C@H](SCc1ccccc1)C(=O)N[C@@H](C)c1ccc2c(c1)CCCC2. The van der Waals surface area contributed by atoms with Gasteiger partial charge >= 0.3 is 0 Å². The maximum absolute atomic E-state index is 12.5. The molecule has 0 saturated carbocycles. The molecule has 0 spiro atoms. The number of benzene rings is 2. The topological polar surface area (TPSA) is 29.1 Å². The van der Waals surface area contributed by atoms with Gasteiger partial charge in [0.2, 0.25) is 5.91 Å². The van der Waals surface area contributed by atoms with E-state index in [1.54, 1.807) is 11.8 Å². The van der Waals surface area contributed by atoms with Crippen LogP contribution in [0.1, 0.15) is 55.0 Å². The number of thioether (sulfide) groups is 1. The molecule has 25 heavy (non-hydrogen) atoms. The predicted octanol–water partition coefficient (Wildman–Crippen LogP) is 5.06. The van der Waals surface area contributed by atoms with Crippen molar-refractivity contribution in [2.24, 2.45) is 0 Å². The van der Waals surface area contributed by atoms with Crippen LogP contribution in [-0.4, -0.2) is 11.2 Å². The summed E-state index contributed by atoms with van der Waals surface area (Å²) in [5.41, 5.74) is 5.43. The van der Waals surface area contributed by atoms with E-state index in [4.69, 9.17) is 0 Å². The van der Waals surface area contributed by atoms with Crippen molar-refractivity contribution >= 4 is 17.7 Å². The molecule has 2 atom stereocenters. The molecule has 2 aromatic carbocycles. The smallest absolute Gasteiger partial charge is 0.233 e. The first-order valence-corrected chi connectivity index (χ1v) is 10.3. The van der Waals surface area contributed by atoms with Crippen LogP contribution in [0.15, 0.2) is 48.5 Å². The molecule has 2 nitrogen and oxygen atoms in total. The maximum atomic E-state index is 12.5. The lowest BCUT2D eigenvalue weighted by Gasteiger charge is -2.21. The molecule has 2 aromatic rings. The van der Waals surface area contributed by atoms with Gasteiger partial charge in [0.1, 0.15) is 0 Å². The van der Waals surface area contributed by atoms with Crippen LogP contribution in [0.5, 0.6) is 0 Å². The monoisotopic (exact) mass is 353 g/mol. The fourth-order valence-corrected chi connectivity index (χ4v) is 4.16. The van der Waals surface area contributed by atoms with Crippen molar-refractivity contribution in [1.29, 1.82) is 0 Å². The van der Waals surface area contributed by atoms with Crippen molar-refractivity contribution < 1.29 is 4.79 Å². The Morgan fingerprint density at radius 2 is 1.76 bits per heavy atom. The molecule has 3 heteroatoms. The normalized spacial score (nSPS) is 15.9. The Bertz CT molecular complexity index is 713. The number of hydrogen-bond donors (Lipinski definition) is 1. The lowest BCUT2D eigenvalue weighted by atomic mass is 9.89. The molecular weight excluding hydrogens is 326 g/mol. The summed E-state index contributed by atoms with van der Waals surface area (Å²) in [5, 5.41) is 3.12. The van der Waals surface area contributed by atoms with Gasteiger partial charge in [-0.05, 0) is 61.8 Å². The molecule has 0 bridgehead atoms. The lowest BCUT2D eigenvalue weighted by molar-refractivity contribution is -0.120. The van der Waals surface area contributed by atoms with Gasteiger partial charge in [0, 0.05) is 5.75 Å². The predicted molar refractivity (Wildman–Crippen MR) is 107 cm³/mol. The van der Waals surface area contributed by atoms with Crippen molar-refractivity contribution in [3.05, 3.63) is 70.8 Å². The maximum Gasteiger partial charge on any atom is 0.233 e. The zero-order valence-electron chi connectivity index (χ0n) is 15.1. The zero-order chi connectivity index (χ0) is 17.6. The van der Waals surface area contributed by atoms with Crippen molar-refractivity contribution in [2.45, 2.75) is 56.6 Å². The lowest BCUT2D eigenvalue weighted by Crippen LogP contribution is -2.33. The molecular formula is C22H27NOS. The van der Waals surface area contributed by atoms with Crippen LogP contribution in [0.2, 0.25) is 0 Å².